The maximum Gasteiger partial charge on any atom is 0.393 e. The van der Waals surface area contributed by atoms with Crippen molar-refractivity contribution in [1.82, 2.24) is 4.44 Å². The van der Waals surface area contributed by atoms with E-state index in [1.165, 1.54) is 0 Å². The Morgan fingerprint density at radius 1 is 0.406 bits per heavy atom. The summed E-state index contributed by atoms with van der Waals surface area (Å²) in [5, 5.41) is 0. The summed E-state index contributed by atoms with van der Waals surface area (Å²) in [5.41, 5.74) is 0. The predicted molar refractivity (Wildman–Crippen MR) is 130 cm³/mol. The minimum atomic E-state index is -1.59. The zero-order chi connectivity index (χ0) is 22.0. The normalized spacial score (nSPS) is 10.9. The molecule has 0 N–H and O–H groups in total. The molecule has 162 valence electrons. The van der Waals surface area contributed by atoms with Crippen molar-refractivity contribution >= 4 is 17.1 Å². The van der Waals surface area contributed by atoms with Crippen molar-refractivity contribution in [1.29, 1.82) is 0 Å². The van der Waals surface area contributed by atoms with Crippen LogP contribution in [0, 0.1) is 0 Å². The lowest BCUT2D eigenvalue weighted by Gasteiger charge is -2.30. The first-order valence-corrected chi connectivity index (χ1v) is 12.3. The van der Waals surface area contributed by atoms with Crippen molar-refractivity contribution in [2.24, 2.45) is 0 Å². The van der Waals surface area contributed by atoms with Gasteiger partial charge in [-0.1, -0.05) is 72.8 Å². The molecule has 0 aliphatic carbocycles. The second kappa shape index (κ2) is 11.5. The predicted octanol–water partition coefficient (Wildman–Crippen LogP) is 7.69. The SMILES string of the molecule is CN(P(Oc1ccccc1)Oc1ccccc1)P(Oc1ccccc1)Oc1ccccc1. The van der Waals surface area contributed by atoms with E-state index in [0.717, 1.165) is 0 Å². The monoisotopic (exact) mass is 463 g/mol. The van der Waals surface area contributed by atoms with Crippen LogP contribution in [0.4, 0.5) is 0 Å². The second-order valence-corrected chi connectivity index (χ2v) is 9.78. The van der Waals surface area contributed by atoms with Crippen LogP contribution in [0.3, 0.4) is 0 Å². The van der Waals surface area contributed by atoms with Gasteiger partial charge in [-0.2, -0.15) is 0 Å². The summed E-state index contributed by atoms with van der Waals surface area (Å²) in [4.78, 5) is 0. The highest BCUT2D eigenvalue weighted by molar-refractivity contribution is 7.61. The van der Waals surface area contributed by atoms with Gasteiger partial charge < -0.3 is 18.1 Å². The molecule has 0 aromatic heterocycles. The van der Waals surface area contributed by atoms with E-state index in [2.05, 4.69) is 0 Å². The first-order valence-electron chi connectivity index (χ1n) is 10.0. The number of hydrogen-bond acceptors (Lipinski definition) is 5. The van der Waals surface area contributed by atoms with E-state index in [9.17, 15) is 0 Å². The Morgan fingerprint density at radius 3 is 0.844 bits per heavy atom. The standard InChI is InChI=1S/C25H23NO4P2/c1-26(31(27-22-14-6-2-7-15-22)28-23-16-8-3-9-17-23)32(29-24-18-10-4-11-19-24)30-25-20-12-5-13-21-25/h2-21H,1H3. The molecular weight excluding hydrogens is 440 g/mol. The van der Waals surface area contributed by atoms with Gasteiger partial charge in [0.1, 0.15) is 23.0 Å². The van der Waals surface area contributed by atoms with E-state index < -0.39 is 17.1 Å². The van der Waals surface area contributed by atoms with Crippen LogP contribution in [0.2, 0.25) is 0 Å². The van der Waals surface area contributed by atoms with Crippen LogP contribution in [-0.2, 0) is 0 Å². The molecule has 0 bridgehead atoms. The van der Waals surface area contributed by atoms with Gasteiger partial charge in [0, 0.05) is 7.05 Å². The first kappa shape index (κ1) is 22.1. The molecule has 0 aliphatic heterocycles. The molecule has 5 nitrogen and oxygen atoms in total. The third-order valence-corrected chi connectivity index (χ3v) is 7.47. The molecule has 4 aromatic carbocycles. The molecule has 7 heteroatoms. The van der Waals surface area contributed by atoms with E-state index in [0.29, 0.717) is 23.0 Å². The number of nitrogens with zero attached hydrogens (tertiary/aromatic N) is 1. The molecule has 4 rings (SSSR count). The smallest absolute Gasteiger partial charge is 0.393 e. The van der Waals surface area contributed by atoms with Crippen molar-refractivity contribution in [3.63, 3.8) is 0 Å². The highest BCUT2D eigenvalue weighted by Gasteiger charge is 2.34. The summed E-state index contributed by atoms with van der Waals surface area (Å²) in [6.45, 7) is 0. The lowest BCUT2D eigenvalue weighted by molar-refractivity contribution is 0.405. The van der Waals surface area contributed by atoms with Crippen molar-refractivity contribution in [2.45, 2.75) is 0 Å². The van der Waals surface area contributed by atoms with Crippen molar-refractivity contribution in [3.05, 3.63) is 121 Å². The zero-order valence-electron chi connectivity index (χ0n) is 17.5. The number of rotatable bonds is 10. The van der Waals surface area contributed by atoms with Gasteiger partial charge in [-0.3, -0.25) is 0 Å². The fourth-order valence-electron chi connectivity index (χ4n) is 2.62. The Bertz CT molecular complexity index is 886. The first-order chi connectivity index (χ1) is 15.8. The number of hydrogen-bond donors (Lipinski definition) is 0. The van der Waals surface area contributed by atoms with Crippen LogP contribution in [0.5, 0.6) is 23.0 Å². The number of para-hydroxylation sites is 4. The van der Waals surface area contributed by atoms with Crippen LogP contribution in [0.1, 0.15) is 0 Å². The molecule has 32 heavy (non-hydrogen) atoms. The second-order valence-electron chi connectivity index (χ2n) is 6.58. The summed E-state index contributed by atoms with van der Waals surface area (Å²) in [6, 6.07) is 38.4. The summed E-state index contributed by atoms with van der Waals surface area (Å²) in [5.74, 6) is 2.82. The van der Waals surface area contributed by atoms with Gasteiger partial charge in [0.15, 0.2) is 0 Å². The van der Waals surface area contributed by atoms with E-state index in [4.69, 9.17) is 18.1 Å². The van der Waals surface area contributed by atoms with Crippen LogP contribution < -0.4 is 18.1 Å². The molecule has 0 aliphatic rings. The molecule has 0 saturated carbocycles. The molecule has 0 atom stereocenters. The summed E-state index contributed by atoms with van der Waals surface area (Å²) < 4.78 is 26.9. The van der Waals surface area contributed by atoms with Crippen LogP contribution in [-0.4, -0.2) is 11.5 Å². The van der Waals surface area contributed by atoms with Crippen molar-refractivity contribution in [3.8, 4) is 23.0 Å². The van der Waals surface area contributed by atoms with Gasteiger partial charge in [-0.05, 0) is 48.5 Å². The van der Waals surface area contributed by atoms with Crippen molar-refractivity contribution in [2.75, 3.05) is 7.05 Å². The Labute approximate surface area is 191 Å². The van der Waals surface area contributed by atoms with E-state index >= 15 is 0 Å². The average molecular weight is 463 g/mol. The summed E-state index contributed by atoms with van der Waals surface area (Å²) in [7, 11) is -1.30. The largest absolute Gasteiger partial charge is 0.427 e. The van der Waals surface area contributed by atoms with Gasteiger partial charge in [-0.25, -0.2) is 0 Å². The van der Waals surface area contributed by atoms with Gasteiger partial charge in [0.05, 0.1) is 0 Å². The van der Waals surface area contributed by atoms with E-state index in [1.807, 2.05) is 133 Å². The number of benzene rings is 4. The minimum Gasteiger partial charge on any atom is -0.427 e. The van der Waals surface area contributed by atoms with Crippen molar-refractivity contribution < 1.29 is 18.1 Å². The molecule has 0 spiro atoms. The molecule has 0 unspecified atom stereocenters. The van der Waals surface area contributed by atoms with E-state index in [-0.39, 0.29) is 0 Å². The molecular formula is C25H23NO4P2. The third-order valence-electron chi connectivity index (χ3n) is 4.18. The molecule has 0 heterocycles. The van der Waals surface area contributed by atoms with Gasteiger partial charge in [0.25, 0.3) is 0 Å². The Kier molecular flexibility index (Phi) is 7.94. The Balaban J connectivity index is 1.61. The van der Waals surface area contributed by atoms with E-state index in [1.54, 1.807) is 0 Å². The quantitative estimate of drug-likeness (QED) is 0.226. The fourth-order valence-corrected chi connectivity index (χ4v) is 5.29. The highest BCUT2D eigenvalue weighted by atomic mass is 31.2. The molecule has 0 fully saturated rings. The van der Waals surface area contributed by atoms with Crippen LogP contribution in [0.25, 0.3) is 0 Å². The summed E-state index contributed by atoms with van der Waals surface area (Å²) >= 11 is 0. The van der Waals surface area contributed by atoms with Crippen LogP contribution >= 0.6 is 17.1 Å². The maximum atomic E-state index is 6.26. The highest BCUT2D eigenvalue weighted by Crippen LogP contribution is 2.57. The Hall–Kier alpha value is -3.10. The average Bonchev–Trinajstić information content (AvgIpc) is 2.85. The third kappa shape index (κ3) is 6.45. The summed E-state index contributed by atoms with van der Waals surface area (Å²) in [6.07, 6.45) is 0. The fraction of sp³-hybridized carbons (Fsp3) is 0.0400. The molecule has 4 aromatic rings. The van der Waals surface area contributed by atoms with Crippen LogP contribution in [0.15, 0.2) is 121 Å². The molecule has 0 radical (unpaired) electrons. The lowest BCUT2D eigenvalue weighted by atomic mass is 10.3. The molecule has 0 saturated heterocycles. The lowest BCUT2D eigenvalue weighted by Crippen LogP contribution is -2.18. The zero-order valence-corrected chi connectivity index (χ0v) is 19.3. The van der Waals surface area contributed by atoms with Gasteiger partial charge in [-0.15, -0.1) is 4.44 Å². The molecule has 0 amide bonds. The van der Waals surface area contributed by atoms with Gasteiger partial charge in [0.2, 0.25) is 0 Å². The maximum absolute atomic E-state index is 6.26. The minimum absolute atomic E-state index is 0.704. The topological polar surface area (TPSA) is 40.2 Å². The Morgan fingerprint density at radius 2 is 0.625 bits per heavy atom. The van der Waals surface area contributed by atoms with Gasteiger partial charge >= 0.3 is 17.1 Å².